The molecule has 0 radical (unpaired) electrons. The molecule has 2 amide bonds. The van der Waals surface area contributed by atoms with E-state index in [1.165, 1.54) is 19.1 Å². The van der Waals surface area contributed by atoms with Crippen molar-refractivity contribution in [3.63, 3.8) is 0 Å². The first-order valence-corrected chi connectivity index (χ1v) is 5.61. The lowest BCUT2D eigenvalue weighted by atomic mass is 9.97. The molecular weight excluding hydrogens is 237 g/mol. The molecule has 0 fully saturated rings. The number of benzene rings is 1. The average molecular weight is 249 g/mol. The molecule has 1 aliphatic heterocycles. The van der Waals surface area contributed by atoms with Gasteiger partial charge in [0.25, 0.3) is 11.8 Å². The highest BCUT2D eigenvalue weighted by Crippen LogP contribution is 2.32. The number of rotatable bonds is 3. The van der Waals surface area contributed by atoms with Gasteiger partial charge in [-0.3, -0.25) is 19.3 Å². The zero-order valence-electron chi connectivity index (χ0n) is 10.1. The predicted octanol–water partition coefficient (Wildman–Crippen LogP) is 1.95. The van der Waals surface area contributed by atoms with E-state index in [0.29, 0.717) is 0 Å². The van der Waals surface area contributed by atoms with Crippen LogP contribution < -0.4 is 0 Å². The van der Waals surface area contributed by atoms with Crippen LogP contribution in [0, 0.1) is 0 Å². The van der Waals surface area contributed by atoms with Gasteiger partial charge < -0.3 is 0 Å². The zero-order valence-corrected chi connectivity index (χ0v) is 10.1. The van der Waals surface area contributed by atoms with Gasteiger partial charge in [-0.1, -0.05) is 19.1 Å². The summed E-state index contributed by atoms with van der Waals surface area (Å²) in [6.07, 6.45) is 0.0355. The van der Waals surface area contributed by atoms with Crippen LogP contribution in [0.25, 0.3) is 0 Å². The van der Waals surface area contributed by atoms with E-state index in [9.17, 15) is 18.8 Å². The third-order valence-electron chi connectivity index (χ3n) is 3.40. The number of halogens is 1. The summed E-state index contributed by atoms with van der Waals surface area (Å²) in [7, 11) is 0. The molecule has 0 saturated heterocycles. The SMILES string of the molecule is CC[C@](C)(C(=O)F)N1C(=O)c2ccccc2C1=O. The van der Waals surface area contributed by atoms with Crippen molar-refractivity contribution in [3.05, 3.63) is 35.4 Å². The summed E-state index contributed by atoms with van der Waals surface area (Å²) in [6, 6.07) is 4.55. The van der Waals surface area contributed by atoms with Gasteiger partial charge in [-0.05, 0) is 25.5 Å². The maximum Gasteiger partial charge on any atom is 0.327 e. The molecule has 0 aromatic heterocycles. The van der Waals surface area contributed by atoms with Gasteiger partial charge in [-0.15, -0.1) is 0 Å². The molecular formula is C13H12FNO3. The van der Waals surface area contributed by atoms with Crippen molar-refractivity contribution in [2.75, 3.05) is 0 Å². The number of hydrogen-bond donors (Lipinski definition) is 0. The van der Waals surface area contributed by atoms with Gasteiger partial charge in [0.05, 0.1) is 11.1 Å². The first-order valence-electron chi connectivity index (χ1n) is 5.61. The predicted molar refractivity (Wildman–Crippen MR) is 61.8 cm³/mol. The Morgan fingerprint density at radius 1 is 1.22 bits per heavy atom. The van der Waals surface area contributed by atoms with Crippen molar-refractivity contribution in [3.8, 4) is 0 Å². The fourth-order valence-corrected chi connectivity index (χ4v) is 2.02. The summed E-state index contributed by atoms with van der Waals surface area (Å²) >= 11 is 0. The number of fused-ring (bicyclic) bond motifs is 1. The van der Waals surface area contributed by atoms with E-state index in [2.05, 4.69) is 0 Å². The van der Waals surface area contributed by atoms with Crippen LogP contribution in [0.15, 0.2) is 24.3 Å². The van der Waals surface area contributed by atoms with Crippen molar-refractivity contribution < 1.29 is 18.8 Å². The standard InChI is InChI=1S/C13H12FNO3/c1-3-13(2,12(14)18)15-10(16)8-6-4-5-7-9(8)11(15)17/h4-7H,3H2,1-2H3/t13-/m1/s1. The summed E-state index contributed by atoms with van der Waals surface area (Å²) in [4.78, 5) is 36.0. The topological polar surface area (TPSA) is 54.5 Å². The Morgan fingerprint density at radius 3 is 2.00 bits per heavy atom. The minimum absolute atomic E-state index is 0.0355. The zero-order chi connectivity index (χ0) is 13.5. The normalized spacial score (nSPS) is 17.6. The van der Waals surface area contributed by atoms with E-state index in [1.807, 2.05) is 0 Å². The highest BCUT2D eigenvalue weighted by atomic mass is 19.1. The second-order valence-corrected chi connectivity index (χ2v) is 4.39. The molecule has 4 nitrogen and oxygen atoms in total. The number of amides is 2. The Morgan fingerprint density at radius 2 is 1.67 bits per heavy atom. The quantitative estimate of drug-likeness (QED) is 0.607. The van der Waals surface area contributed by atoms with Crippen LogP contribution in [-0.4, -0.2) is 28.3 Å². The van der Waals surface area contributed by atoms with Crippen LogP contribution in [-0.2, 0) is 4.79 Å². The highest BCUT2D eigenvalue weighted by molar-refractivity contribution is 6.23. The van der Waals surface area contributed by atoms with Crippen LogP contribution in [0.5, 0.6) is 0 Å². The minimum atomic E-state index is -1.73. The number of hydrogen-bond acceptors (Lipinski definition) is 3. The summed E-state index contributed by atoms with van der Waals surface area (Å²) in [5.41, 5.74) is -1.31. The third-order valence-corrected chi connectivity index (χ3v) is 3.40. The van der Waals surface area contributed by atoms with Crippen LogP contribution in [0.1, 0.15) is 41.0 Å². The van der Waals surface area contributed by atoms with Crippen molar-refractivity contribution in [1.82, 2.24) is 4.90 Å². The highest BCUT2D eigenvalue weighted by Gasteiger charge is 2.49. The lowest BCUT2D eigenvalue weighted by Crippen LogP contribution is -2.53. The second kappa shape index (κ2) is 4.01. The van der Waals surface area contributed by atoms with E-state index < -0.39 is 23.4 Å². The van der Waals surface area contributed by atoms with E-state index in [-0.39, 0.29) is 17.5 Å². The lowest BCUT2D eigenvalue weighted by molar-refractivity contribution is -0.139. The minimum Gasteiger partial charge on any atom is -0.269 e. The van der Waals surface area contributed by atoms with Crippen LogP contribution in [0.3, 0.4) is 0 Å². The Labute approximate surface area is 103 Å². The van der Waals surface area contributed by atoms with Crippen molar-refractivity contribution >= 4 is 17.9 Å². The molecule has 94 valence electrons. The van der Waals surface area contributed by atoms with E-state index >= 15 is 0 Å². The number of nitrogens with zero attached hydrogens (tertiary/aromatic N) is 1. The molecule has 1 aliphatic rings. The van der Waals surface area contributed by atoms with Gasteiger partial charge in [0.15, 0.2) is 0 Å². The molecule has 0 spiro atoms. The van der Waals surface area contributed by atoms with Gasteiger partial charge in [0.1, 0.15) is 5.54 Å². The summed E-state index contributed by atoms with van der Waals surface area (Å²) in [5.74, 6) is -1.24. The molecule has 1 aromatic rings. The average Bonchev–Trinajstić information content (AvgIpc) is 2.62. The van der Waals surface area contributed by atoms with Gasteiger partial charge >= 0.3 is 6.04 Å². The molecule has 0 N–H and O–H groups in total. The molecule has 1 heterocycles. The first-order chi connectivity index (χ1) is 8.43. The van der Waals surface area contributed by atoms with Gasteiger partial charge in [0, 0.05) is 0 Å². The molecule has 5 heteroatoms. The number of imide groups is 1. The largest absolute Gasteiger partial charge is 0.327 e. The molecule has 0 bridgehead atoms. The monoisotopic (exact) mass is 249 g/mol. The molecule has 2 rings (SSSR count). The van der Waals surface area contributed by atoms with E-state index in [0.717, 1.165) is 4.90 Å². The smallest absolute Gasteiger partial charge is 0.269 e. The van der Waals surface area contributed by atoms with Crippen LogP contribution in [0.2, 0.25) is 0 Å². The maximum absolute atomic E-state index is 13.2. The third kappa shape index (κ3) is 1.47. The maximum atomic E-state index is 13.2. The number of carbonyl (C=O) groups excluding carboxylic acids is 3. The molecule has 1 atom stereocenters. The van der Waals surface area contributed by atoms with E-state index in [1.54, 1.807) is 19.1 Å². The molecule has 0 aliphatic carbocycles. The number of carbonyl (C=O) groups is 3. The molecule has 0 unspecified atom stereocenters. The van der Waals surface area contributed by atoms with Crippen LogP contribution in [0.4, 0.5) is 4.39 Å². The van der Waals surface area contributed by atoms with Crippen LogP contribution >= 0.6 is 0 Å². The Balaban J connectivity index is 2.55. The van der Waals surface area contributed by atoms with Crippen molar-refractivity contribution in [2.24, 2.45) is 0 Å². The second-order valence-electron chi connectivity index (χ2n) is 4.39. The summed E-state index contributed by atoms with van der Waals surface area (Å²) in [5, 5.41) is 0. The summed E-state index contributed by atoms with van der Waals surface area (Å²) < 4.78 is 13.2. The van der Waals surface area contributed by atoms with Gasteiger partial charge in [-0.2, -0.15) is 4.39 Å². The molecule has 0 saturated carbocycles. The van der Waals surface area contributed by atoms with E-state index in [4.69, 9.17) is 0 Å². The molecule has 18 heavy (non-hydrogen) atoms. The van der Waals surface area contributed by atoms with Crippen molar-refractivity contribution in [1.29, 1.82) is 0 Å². The fraction of sp³-hybridized carbons (Fsp3) is 0.308. The fourth-order valence-electron chi connectivity index (χ4n) is 2.02. The summed E-state index contributed by atoms with van der Waals surface area (Å²) in [6.45, 7) is 2.82. The van der Waals surface area contributed by atoms with Gasteiger partial charge in [-0.25, -0.2) is 0 Å². The lowest BCUT2D eigenvalue weighted by Gasteiger charge is -2.31. The Kier molecular flexibility index (Phi) is 2.77. The van der Waals surface area contributed by atoms with Crippen molar-refractivity contribution in [2.45, 2.75) is 25.8 Å². The van der Waals surface area contributed by atoms with Gasteiger partial charge in [0.2, 0.25) is 0 Å². The first kappa shape index (κ1) is 12.4. The molecule has 1 aromatic carbocycles. The Hall–Kier alpha value is -2.04. The Bertz CT molecular complexity index is 520.